The van der Waals surface area contributed by atoms with Crippen LogP contribution in [-0.4, -0.2) is 5.91 Å². The number of benzene rings is 2. The van der Waals surface area contributed by atoms with Crippen molar-refractivity contribution in [3.8, 4) is 0 Å². The van der Waals surface area contributed by atoms with E-state index in [0.717, 1.165) is 16.8 Å². The van der Waals surface area contributed by atoms with Crippen LogP contribution in [0.1, 0.15) is 11.1 Å². The molecule has 2 aromatic carbocycles. The summed E-state index contributed by atoms with van der Waals surface area (Å²) in [5.74, 6) is 0.138. The minimum atomic E-state index is 0.138. The van der Waals surface area contributed by atoms with E-state index >= 15 is 0 Å². The van der Waals surface area contributed by atoms with Gasteiger partial charge in [-0.15, -0.1) is 0 Å². The minimum Gasteiger partial charge on any atom is -0.399 e. The molecule has 3 nitrogen and oxygen atoms in total. The van der Waals surface area contributed by atoms with Gasteiger partial charge in [0.2, 0.25) is 5.91 Å². The Labute approximate surface area is 106 Å². The van der Waals surface area contributed by atoms with E-state index in [-0.39, 0.29) is 5.91 Å². The lowest BCUT2D eigenvalue weighted by atomic mass is 10.1. The van der Waals surface area contributed by atoms with Crippen LogP contribution in [-0.2, 0) is 17.8 Å². The van der Waals surface area contributed by atoms with Gasteiger partial charge in [-0.3, -0.25) is 4.79 Å². The first-order valence-electron chi connectivity index (χ1n) is 5.97. The molecule has 0 fully saturated rings. The number of hydrogen-bond donors (Lipinski definition) is 1. The minimum absolute atomic E-state index is 0.138. The Kier molecular flexibility index (Phi) is 2.52. The molecule has 1 aliphatic rings. The summed E-state index contributed by atoms with van der Waals surface area (Å²) in [7, 11) is 0. The molecular formula is C15H14N2O. The molecule has 90 valence electrons. The van der Waals surface area contributed by atoms with Gasteiger partial charge in [-0.05, 0) is 23.3 Å². The molecule has 0 radical (unpaired) electrons. The Morgan fingerprint density at radius 3 is 2.67 bits per heavy atom. The normalized spacial score (nSPS) is 13.8. The zero-order chi connectivity index (χ0) is 12.5. The van der Waals surface area contributed by atoms with Crippen molar-refractivity contribution in [3.05, 3.63) is 59.7 Å². The van der Waals surface area contributed by atoms with E-state index in [1.54, 1.807) is 4.90 Å². The zero-order valence-electron chi connectivity index (χ0n) is 9.97. The number of amides is 1. The van der Waals surface area contributed by atoms with Crippen LogP contribution in [0, 0.1) is 0 Å². The van der Waals surface area contributed by atoms with E-state index in [9.17, 15) is 4.79 Å². The molecule has 0 atom stereocenters. The highest BCUT2D eigenvalue weighted by atomic mass is 16.2. The Morgan fingerprint density at radius 2 is 1.89 bits per heavy atom. The molecule has 1 amide bonds. The number of nitrogen functional groups attached to an aromatic ring is 1. The summed E-state index contributed by atoms with van der Waals surface area (Å²) in [4.78, 5) is 13.8. The second-order valence-electron chi connectivity index (χ2n) is 4.53. The van der Waals surface area contributed by atoms with Crippen LogP contribution in [0.4, 0.5) is 11.4 Å². The average molecular weight is 238 g/mol. The Morgan fingerprint density at radius 1 is 1.11 bits per heavy atom. The molecule has 0 aliphatic carbocycles. The fourth-order valence-electron chi connectivity index (χ4n) is 2.31. The summed E-state index contributed by atoms with van der Waals surface area (Å²) in [6.07, 6.45) is 0.475. The van der Waals surface area contributed by atoms with Crippen molar-refractivity contribution < 1.29 is 4.79 Å². The van der Waals surface area contributed by atoms with Crippen LogP contribution < -0.4 is 10.6 Å². The average Bonchev–Trinajstić information content (AvgIpc) is 2.67. The monoisotopic (exact) mass is 238 g/mol. The van der Waals surface area contributed by atoms with Crippen LogP contribution in [0.25, 0.3) is 0 Å². The van der Waals surface area contributed by atoms with Gasteiger partial charge in [0, 0.05) is 11.4 Å². The SMILES string of the molecule is Nc1ccc2c(c1)N(Cc1ccccc1)C(=O)C2. The number of carbonyl (C=O) groups is 1. The smallest absolute Gasteiger partial charge is 0.231 e. The molecule has 2 aromatic rings. The van der Waals surface area contributed by atoms with Gasteiger partial charge < -0.3 is 10.6 Å². The van der Waals surface area contributed by atoms with Gasteiger partial charge in [0.25, 0.3) is 0 Å². The molecule has 18 heavy (non-hydrogen) atoms. The molecule has 2 N–H and O–H groups in total. The van der Waals surface area contributed by atoms with E-state index in [1.165, 1.54) is 0 Å². The van der Waals surface area contributed by atoms with Gasteiger partial charge >= 0.3 is 0 Å². The Balaban J connectivity index is 1.94. The first kappa shape index (κ1) is 10.8. The number of carbonyl (C=O) groups excluding carboxylic acids is 1. The summed E-state index contributed by atoms with van der Waals surface area (Å²) in [5, 5.41) is 0. The summed E-state index contributed by atoms with van der Waals surface area (Å²) in [6, 6.07) is 15.7. The predicted octanol–water partition coefficient (Wildman–Crippen LogP) is 2.36. The first-order valence-corrected chi connectivity index (χ1v) is 5.97. The van der Waals surface area contributed by atoms with Crippen LogP contribution in [0.2, 0.25) is 0 Å². The van der Waals surface area contributed by atoms with Gasteiger partial charge in [-0.1, -0.05) is 36.4 Å². The van der Waals surface area contributed by atoms with E-state index in [1.807, 2.05) is 48.5 Å². The largest absolute Gasteiger partial charge is 0.399 e. The number of fused-ring (bicyclic) bond motifs is 1. The lowest BCUT2D eigenvalue weighted by molar-refractivity contribution is -0.117. The van der Waals surface area contributed by atoms with E-state index in [0.29, 0.717) is 18.7 Å². The predicted molar refractivity (Wildman–Crippen MR) is 72.2 cm³/mol. The fraction of sp³-hybridized carbons (Fsp3) is 0.133. The van der Waals surface area contributed by atoms with Crippen molar-refractivity contribution in [1.82, 2.24) is 0 Å². The van der Waals surface area contributed by atoms with Crippen LogP contribution in [0.3, 0.4) is 0 Å². The fourth-order valence-corrected chi connectivity index (χ4v) is 2.31. The molecular weight excluding hydrogens is 224 g/mol. The van der Waals surface area contributed by atoms with Gasteiger partial charge in [0.1, 0.15) is 0 Å². The van der Waals surface area contributed by atoms with Crippen LogP contribution in [0.15, 0.2) is 48.5 Å². The quantitative estimate of drug-likeness (QED) is 0.816. The molecule has 0 unspecified atom stereocenters. The molecule has 0 saturated carbocycles. The highest BCUT2D eigenvalue weighted by Gasteiger charge is 2.27. The van der Waals surface area contributed by atoms with Crippen molar-refractivity contribution in [3.63, 3.8) is 0 Å². The van der Waals surface area contributed by atoms with Gasteiger partial charge in [-0.2, -0.15) is 0 Å². The summed E-state index contributed by atoms with van der Waals surface area (Å²) in [6.45, 7) is 0.607. The molecule has 0 spiro atoms. The third-order valence-electron chi connectivity index (χ3n) is 3.23. The Bertz CT molecular complexity index is 593. The van der Waals surface area contributed by atoms with Crippen molar-refractivity contribution >= 4 is 17.3 Å². The second kappa shape index (κ2) is 4.18. The maximum atomic E-state index is 12.0. The van der Waals surface area contributed by atoms with Gasteiger partial charge in [-0.25, -0.2) is 0 Å². The maximum Gasteiger partial charge on any atom is 0.231 e. The number of rotatable bonds is 2. The van der Waals surface area contributed by atoms with Crippen molar-refractivity contribution in [2.24, 2.45) is 0 Å². The van der Waals surface area contributed by atoms with Gasteiger partial charge in [0.05, 0.1) is 13.0 Å². The number of nitrogens with two attached hydrogens (primary N) is 1. The van der Waals surface area contributed by atoms with E-state index in [2.05, 4.69) is 0 Å². The molecule has 3 heteroatoms. The highest BCUT2D eigenvalue weighted by molar-refractivity contribution is 6.01. The van der Waals surface area contributed by atoms with E-state index in [4.69, 9.17) is 5.73 Å². The summed E-state index contributed by atoms with van der Waals surface area (Å²) >= 11 is 0. The van der Waals surface area contributed by atoms with Crippen LogP contribution in [0.5, 0.6) is 0 Å². The molecule has 1 heterocycles. The molecule has 3 rings (SSSR count). The number of hydrogen-bond acceptors (Lipinski definition) is 2. The van der Waals surface area contributed by atoms with Crippen molar-refractivity contribution in [2.45, 2.75) is 13.0 Å². The summed E-state index contributed by atoms with van der Waals surface area (Å²) in [5.41, 5.74) is 9.62. The number of anilines is 2. The number of nitrogens with zero attached hydrogens (tertiary/aromatic N) is 1. The highest BCUT2D eigenvalue weighted by Crippen LogP contribution is 2.31. The lowest BCUT2D eigenvalue weighted by Crippen LogP contribution is -2.25. The van der Waals surface area contributed by atoms with Crippen molar-refractivity contribution in [2.75, 3.05) is 10.6 Å². The third-order valence-corrected chi connectivity index (χ3v) is 3.23. The van der Waals surface area contributed by atoms with Crippen molar-refractivity contribution in [1.29, 1.82) is 0 Å². The first-order chi connectivity index (χ1) is 8.74. The Hall–Kier alpha value is -2.29. The molecule has 1 aliphatic heterocycles. The summed E-state index contributed by atoms with van der Waals surface area (Å²) < 4.78 is 0. The standard InChI is InChI=1S/C15H14N2O/c16-13-7-6-12-8-15(18)17(14(12)9-13)10-11-4-2-1-3-5-11/h1-7,9H,8,10,16H2. The second-order valence-corrected chi connectivity index (χ2v) is 4.53. The molecule has 0 bridgehead atoms. The third kappa shape index (κ3) is 1.84. The topological polar surface area (TPSA) is 46.3 Å². The van der Waals surface area contributed by atoms with Crippen LogP contribution >= 0.6 is 0 Å². The van der Waals surface area contributed by atoms with Gasteiger partial charge in [0.15, 0.2) is 0 Å². The van der Waals surface area contributed by atoms with E-state index < -0.39 is 0 Å². The maximum absolute atomic E-state index is 12.0. The molecule has 0 aromatic heterocycles. The molecule has 0 saturated heterocycles. The zero-order valence-corrected chi connectivity index (χ0v) is 9.97. The lowest BCUT2D eigenvalue weighted by Gasteiger charge is -2.17.